The summed E-state index contributed by atoms with van der Waals surface area (Å²) in [5.74, 6) is 2.24. The van der Waals surface area contributed by atoms with Gasteiger partial charge in [-0.15, -0.1) is 5.10 Å². The van der Waals surface area contributed by atoms with Crippen molar-refractivity contribution in [1.82, 2.24) is 10.2 Å². The molecule has 0 unspecified atom stereocenters. The molecule has 1 aromatic heterocycles. The number of nitrogens with zero attached hydrogens (tertiary/aromatic N) is 2. The molecule has 2 aliphatic carbocycles. The number of aryl methyl sites for hydroxylation is 1. The van der Waals surface area contributed by atoms with E-state index < -0.39 is 0 Å². The second-order valence-electron chi connectivity index (χ2n) is 9.55. The molecular weight excluding hydrogens is 398 g/mol. The fourth-order valence-electron chi connectivity index (χ4n) is 4.98. The topological polar surface area (TPSA) is 70.3 Å². The molecule has 0 saturated heterocycles. The summed E-state index contributed by atoms with van der Waals surface area (Å²) >= 11 is 0. The predicted molar refractivity (Wildman–Crippen MR) is 129 cm³/mol. The molecule has 0 amide bonds. The number of ether oxygens (including phenoxy) is 2. The molecule has 5 nitrogen and oxygen atoms in total. The van der Waals surface area contributed by atoms with Gasteiger partial charge in [0.05, 0.1) is 11.8 Å². The molecule has 0 aliphatic heterocycles. The summed E-state index contributed by atoms with van der Waals surface area (Å²) in [5.41, 5.74) is 9.16. The van der Waals surface area contributed by atoms with Crippen LogP contribution in [0.15, 0.2) is 30.3 Å². The fraction of sp³-hybridized carbons (Fsp3) is 0.630. The Hall–Kier alpha value is -2.14. The molecule has 174 valence electrons. The monoisotopic (exact) mass is 437 g/mol. The van der Waals surface area contributed by atoms with Crippen LogP contribution >= 0.6 is 0 Å². The standard InChI is InChI=1S/C27H39N3O2/c1-2-3-9-26-25(18-27(30-29-26)32-24-14-10-20(19-28)11-15-24)21-12-16-23(17-13-21)31-22-7-5-4-6-8-22/h12-13,16-18,20,22,24H,2-11,14-15,19,28H2,1H3. The molecule has 0 radical (unpaired) electrons. The van der Waals surface area contributed by atoms with Gasteiger partial charge in [0.25, 0.3) is 0 Å². The van der Waals surface area contributed by atoms with Crippen molar-refractivity contribution in [2.45, 2.75) is 96.2 Å². The summed E-state index contributed by atoms with van der Waals surface area (Å²) in [5, 5.41) is 9.00. The maximum absolute atomic E-state index is 6.25. The van der Waals surface area contributed by atoms with E-state index in [9.17, 15) is 0 Å². The van der Waals surface area contributed by atoms with Gasteiger partial charge in [-0.25, -0.2) is 0 Å². The van der Waals surface area contributed by atoms with E-state index in [2.05, 4.69) is 47.5 Å². The van der Waals surface area contributed by atoms with Crippen molar-refractivity contribution in [3.8, 4) is 22.8 Å². The maximum atomic E-state index is 6.25. The Morgan fingerprint density at radius 1 is 0.875 bits per heavy atom. The Morgan fingerprint density at radius 2 is 1.59 bits per heavy atom. The zero-order chi connectivity index (χ0) is 22.2. The third kappa shape index (κ3) is 6.22. The molecule has 2 N–H and O–H groups in total. The average molecular weight is 438 g/mol. The van der Waals surface area contributed by atoms with E-state index >= 15 is 0 Å². The number of aromatic nitrogens is 2. The highest BCUT2D eigenvalue weighted by atomic mass is 16.5. The first kappa shape index (κ1) is 23.0. The quantitative estimate of drug-likeness (QED) is 0.514. The molecule has 2 aromatic rings. The number of rotatable bonds is 9. The van der Waals surface area contributed by atoms with Gasteiger partial charge >= 0.3 is 0 Å². The van der Waals surface area contributed by atoms with Crippen molar-refractivity contribution in [3.05, 3.63) is 36.0 Å². The lowest BCUT2D eigenvalue weighted by molar-refractivity contribution is 0.126. The minimum Gasteiger partial charge on any atom is -0.490 e. The lowest BCUT2D eigenvalue weighted by atomic mass is 9.87. The predicted octanol–water partition coefficient (Wildman–Crippen LogP) is 6.09. The van der Waals surface area contributed by atoms with Crippen LogP contribution in [-0.4, -0.2) is 29.0 Å². The van der Waals surface area contributed by atoms with Crippen LogP contribution in [0.5, 0.6) is 11.6 Å². The van der Waals surface area contributed by atoms with Gasteiger partial charge < -0.3 is 15.2 Å². The Balaban J connectivity index is 1.48. The van der Waals surface area contributed by atoms with Gasteiger partial charge in [-0.2, -0.15) is 5.10 Å². The normalized spacial score (nSPS) is 21.9. The number of unbranched alkanes of at least 4 members (excludes halogenated alkanes) is 1. The van der Waals surface area contributed by atoms with Gasteiger partial charge in [-0.05, 0) is 94.4 Å². The summed E-state index contributed by atoms with van der Waals surface area (Å²) < 4.78 is 12.5. The van der Waals surface area contributed by atoms with E-state index in [1.165, 1.54) is 32.1 Å². The molecule has 0 bridgehead atoms. The molecular formula is C27H39N3O2. The Morgan fingerprint density at radius 3 is 2.28 bits per heavy atom. The van der Waals surface area contributed by atoms with Gasteiger partial charge in [0.15, 0.2) is 0 Å². The smallest absolute Gasteiger partial charge is 0.234 e. The van der Waals surface area contributed by atoms with Crippen molar-refractivity contribution < 1.29 is 9.47 Å². The van der Waals surface area contributed by atoms with Crippen molar-refractivity contribution in [1.29, 1.82) is 0 Å². The zero-order valence-corrected chi connectivity index (χ0v) is 19.6. The zero-order valence-electron chi connectivity index (χ0n) is 19.6. The molecule has 0 spiro atoms. The minimum absolute atomic E-state index is 0.215. The molecule has 1 heterocycles. The molecule has 5 heteroatoms. The Labute approximate surface area is 193 Å². The van der Waals surface area contributed by atoms with E-state index in [0.717, 1.165) is 74.1 Å². The van der Waals surface area contributed by atoms with Crippen LogP contribution in [0.2, 0.25) is 0 Å². The highest BCUT2D eigenvalue weighted by Crippen LogP contribution is 2.31. The first-order valence-corrected chi connectivity index (χ1v) is 12.8. The molecule has 4 rings (SSSR count). The number of nitrogens with two attached hydrogens (primary N) is 1. The van der Waals surface area contributed by atoms with E-state index in [-0.39, 0.29) is 6.10 Å². The summed E-state index contributed by atoms with van der Waals surface area (Å²) in [6.45, 7) is 2.99. The number of hydrogen-bond acceptors (Lipinski definition) is 5. The average Bonchev–Trinajstić information content (AvgIpc) is 2.85. The lowest BCUT2D eigenvalue weighted by Gasteiger charge is -2.27. The Bertz CT molecular complexity index is 825. The van der Waals surface area contributed by atoms with E-state index in [1.54, 1.807) is 0 Å². The third-order valence-electron chi connectivity index (χ3n) is 7.05. The van der Waals surface area contributed by atoms with Crippen LogP contribution < -0.4 is 15.2 Å². The van der Waals surface area contributed by atoms with Gasteiger partial charge in [0, 0.05) is 11.6 Å². The SMILES string of the molecule is CCCCc1nnc(OC2CCC(CN)CC2)cc1-c1ccc(OC2CCCCC2)cc1. The number of benzene rings is 1. The van der Waals surface area contributed by atoms with Gasteiger partial charge in [0.1, 0.15) is 11.9 Å². The van der Waals surface area contributed by atoms with Crippen LogP contribution in [0, 0.1) is 5.92 Å². The molecule has 0 atom stereocenters. The largest absolute Gasteiger partial charge is 0.490 e. The second-order valence-corrected chi connectivity index (χ2v) is 9.55. The lowest BCUT2D eigenvalue weighted by Crippen LogP contribution is -2.28. The highest BCUT2D eigenvalue weighted by molar-refractivity contribution is 5.67. The third-order valence-corrected chi connectivity index (χ3v) is 7.05. The van der Waals surface area contributed by atoms with Gasteiger partial charge in [-0.3, -0.25) is 0 Å². The van der Waals surface area contributed by atoms with Crippen LogP contribution in [0.4, 0.5) is 0 Å². The fourth-order valence-corrected chi connectivity index (χ4v) is 4.98. The van der Waals surface area contributed by atoms with Crippen LogP contribution in [-0.2, 0) is 6.42 Å². The van der Waals surface area contributed by atoms with Gasteiger partial charge in [0.2, 0.25) is 5.88 Å². The van der Waals surface area contributed by atoms with Crippen molar-refractivity contribution in [2.24, 2.45) is 11.7 Å². The van der Waals surface area contributed by atoms with Crippen LogP contribution in [0.25, 0.3) is 11.1 Å². The first-order valence-electron chi connectivity index (χ1n) is 12.8. The van der Waals surface area contributed by atoms with Crippen molar-refractivity contribution >= 4 is 0 Å². The van der Waals surface area contributed by atoms with Crippen LogP contribution in [0.1, 0.15) is 83.2 Å². The molecule has 2 saturated carbocycles. The molecule has 2 fully saturated rings. The summed E-state index contributed by atoms with van der Waals surface area (Å²) in [6, 6.07) is 10.6. The van der Waals surface area contributed by atoms with Crippen molar-refractivity contribution in [3.63, 3.8) is 0 Å². The summed E-state index contributed by atoms with van der Waals surface area (Å²) in [6.07, 6.45) is 14.4. The van der Waals surface area contributed by atoms with E-state index in [4.69, 9.17) is 15.2 Å². The number of hydrogen-bond donors (Lipinski definition) is 1. The second kappa shape index (κ2) is 11.6. The van der Waals surface area contributed by atoms with E-state index in [1.807, 2.05) is 0 Å². The summed E-state index contributed by atoms with van der Waals surface area (Å²) in [7, 11) is 0. The first-order chi connectivity index (χ1) is 15.7. The molecule has 32 heavy (non-hydrogen) atoms. The van der Waals surface area contributed by atoms with Crippen molar-refractivity contribution in [2.75, 3.05) is 6.54 Å². The maximum Gasteiger partial charge on any atom is 0.234 e. The summed E-state index contributed by atoms with van der Waals surface area (Å²) in [4.78, 5) is 0. The Kier molecular flexibility index (Phi) is 8.38. The van der Waals surface area contributed by atoms with Crippen LogP contribution in [0.3, 0.4) is 0 Å². The highest BCUT2D eigenvalue weighted by Gasteiger charge is 2.22. The van der Waals surface area contributed by atoms with Gasteiger partial charge in [-0.1, -0.05) is 31.9 Å². The minimum atomic E-state index is 0.215. The van der Waals surface area contributed by atoms with E-state index in [0.29, 0.717) is 17.9 Å². The molecule has 2 aliphatic rings. The molecule has 1 aromatic carbocycles.